The van der Waals surface area contributed by atoms with Crippen LogP contribution in [0.25, 0.3) is 22.3 Å². The predicted molar refractivity (Wildman–Crippen MR) is 125 cm³/mol. The molecule has 3 aromatic rings. The summed E-state index contributed by atoms with van der Waals surface area (Å²) in [5.74, 6) is 0.983. The monoisotopic (exact) mass is 431 g/mol. The minimum Gasteiger partial charge on any atom is -0.383 e. The first-order valence-electron chi connectivity index (χ1n) is 11.2. The van der Waals surface area contributed by atoms with Crippen LogP contribution in [-0.4, -0.2) is 42.6 Å². The van der Waals surface area contributed by atoms with Crippen LogP contribution in [0.4, 0.5) is 5.82 Å². The first-order valence-corrected chi connectivity index (χ1v) is 11.2. The highest BCUT2D eigenvalue weighted by Gasteiger charge is 2.27. The number of anilines is 1. The van der Waals surface area contributed by atoms with Gasteiger partial charge in [-0.2, -0.15) is 0 Å². The molecule has 7 nitrogen and oxygen atoms in total. The highest BCUT2D eigenvalue weighted by atomic mass is 16.5. The van der Waals surface area contributed by atoms with Crippen molar-refractivity contribution in [2.24, 2.45) is 5.73 Å². The van der Waals surface area contributed by atoms with Crippen molar-refractivity contribution in [1.29, 1.82) is 0 Å². The van der Waals surface area contributed by atoms with Crippen molar-refractivity contribution >= 4 is 5.82 Å². The zero-order chi connectivity index (χ0) is 21.9. The number of nitrogens with two attached hydrogens (primary N) is 2. The van der Waals surface area contributed by atoms with E-state index in [1.807, 2.05) is 18.3 Å². The van der Waals surface area contributed by atoms with Gasteiger partial charge in [0, 0.05) is 42.9 Å². The van der Waals surface area contributed by atoms with Gasteiger partial charge in [-0.3, -0.25) is 10.3 Å². The number of nitrogens with zero attached hydrogens (tertiary/aromatic N) is 2. The van der Waals surface area contributed by atoms with E-state index in [4.69, 9.17) is 20.9 Å². The molecule has 32 heavy (non-hydrogen) atoms. The Kier molecular flexibility index (Phi) is 6.14. The van der Waals surface area contributed by atoms with E-state index in [-0.39, 0.29) is 12.2 Å². The van der Waals surface area contributed by atoms with E-state index in [0.717, 1.165) is 48.3 Å². The lowest BCUT2D eigenvalue weighted by Gasteiger charge is -2.33. The van der Waals surface area contributed by atoms with Gasteiger partial charge in [-0.1, -0.05) is 12.1 Å². The fourth-order valence-electron chi connectivity index (χ4n) is 4.68. The Morgan fingerprint density at radius 1 is 0.875 bits per heavy atom. The molecule has 0 radical (unpaired) electrons. The number of ether oxygens (including phenoxy) is 2. The minimum atomic E-state index is -0.170. The highest BCUT2D eigenvalue weighted by molar-refractivity contribution is 5.79. The number of pyridine rings is 2. The number of morpholine rings is 1. The lowest BCUT2D eigenvalue weighted by atomic mass is 9.84. The second kappa shape index (κ2) is 9.34. The number of aromatic nitrogens is 2. The molecule has 0 amide bonds. The number of hydrogen-bond acceptors (Lipinski definition) is 7. The van der Waals surface area contributed by atoms with E-state index in [0.29, 0.717) is 24.9 Å². The van der Waals surface area contributed by atoms with Crippen LogP contribution in [0.2, 0.25) is 0 Å². The minimum absolute atomic E-state index is 0.0537. The molecule has 0 aliphatic carbocycles. The van der Waals surface area contributed by atoms with Crippen LogP contribution in [0.5, 0.6) is 0 Å². The summed E-state index contributed by atoms with van der Waals surface area (Å²) in [5.41, 5.74) is 19.0. The molecule has 4 heterocycles. The van der Waals surface area contributed by atoms with Crippen LogP contribution < -0.4 is 16.8 Å². The van der Waals surface area contributed by atoms with E-state index in [1.54, 1.807) is 12.4 Å². The van der Waals surface area contributed by atoms with Crippen LogP contribution in [0, 0.1) is 0 Å². The Hall–Kier alpha value is -2.84. The van der Waals surface area contributed by atoms with Crippen molar-refractivity contribution in [2.45, 2.75) is 31.0 Å². The maximum atomic E-state index is 6.20. The average molecular weight is 432 g/mol. The van der Waals surface area contributed by atoms with Crippen LogP contribution in [0.3, 0.4) is 0 Å². The van der Waals surface area contributed by atoms with Crippen LogP contribution in [-0.2, 0) is 9.47 Å². The summed E-state index contributed by atoms with van der Waals surface area (Å²) in [7, 11) is 0. The van der Waals surface area contributed by atoms with Gasteiger partial charge in [0.15, 0.2) is 0 Å². The van der Waals surface area contributed by atoms with Crippen LogP contribution >= 0.6 is 0 Å². The van der Waals surface area contributed by atoms with Gasteiger partial charge in [0.25, 0.3) is 0 Å². The van der Waals surface area contributed by atoms with E-state index in [1.165, 1.54) is 11.1 Å². The third kappa shape index (κ3) is 4.38. The Balaban J connectivity index is 1.55. The first kappa shape index (κ1) is 21.0. The maximum absolute atomic E-state index is 6.20. The summed E-state index contributed by atoms with van der Waals surface area (Å²) in [5, 5.41) is 3.52. The number of nitrogens with one attached hydrogen (secondary N) is 1. The van der Waals surface area contributed by atoms with Crippen molar-refractivity contribution in [2.75, 3.05) is 32.2 Å². The van der Waals surface area contributed by atoms with E-state index < -0.39 is 0 Å². The smallest absolute Gasteiger partial charge is 0.131 e. The topological polar surface area (TPSA) is 108 Å². The molecular formula is C25H29N5O2. The maximum Gasteiger partial charge on any atom is 0.131 e. The van der Waals surface area contributed by atoms with E-state index in [9.17, 15) is 0 Å². The Labute approximate surface area is 188 Å². The molecule has 166 valence electrons. The lowest BCUT2D eigenvalue weighted by molar-refractivity contribution is 0.0460. The summed E-state index contributed by atoms with van der Waals surface area (Å²) in [4.78, 5) is 8.58. The second-order valence-electron chi connectivity index (χ2n) is 8.49. The molecular weight excluding hydrogens is 402 g/mol. The molecule has 2 aliphatic heterocycles. The van der Waals surface area contributed by atoms with Crippen molar-refractivity contribution in [3.8, 4) is 22.3 Å². The summed E-state index contributed by atoms with van der Waals surface area (Å²) >= 11 is 0. The van der Waals surface area contributed by atoms with Crippen molar-refractivity contribution in [3.63, 3.8) is 0 Å². The molecule has 0 spiro atoms. The Morgan fingerprint density at radius 3 is 2.47 bits per heavy atom. The second-order valence-corrected chi connectivity index (χ2v) is 8.49. The van der Waals surface area contributed by atoms with Gasteiger partial charge in [0.2, 0.25) is 0 Å². The fraction of sp³-hybridized carbons (Fsp3) is 0.360. The summed E-state index contributed by atoms with van der Waals surface area (Å²) < 4.78 is 11.4. The van der Waals surface area contributed by atoms with Gasteiger partial charge in [-0.15, -0.1) is 0 Å². The predicted octanol–water partition coefficient (Wildman–Crippen LogP) is 3.23. The van der Waals surface area contributed by atoms with Crippen molar-refractivity contribution < 1.29 is 9.47 Å². The molecule has 2 saturated heterocycles. The molecule has 2 atom stereocenters. The van der Waals surface area contributed by atoms with Gasteiger partial charge >= 0.3 is 0 Å². The largest absolute Gasteiger partial charge is 0.383 e. The lowest BCUT2D eigenvalue weighted by Crippen LogP contribution is -2.49. The SMILES string of the molecule is Nc1ncc(-c2ccc(C3CCOCC3)c([C@H]3COC[C@@H](N)N3)c2)cc1-c1ccncc1. The molecule has 1 aromatic carbocycles. The zero-order valence-corrected chi connectivity index (χ0v) is 18.0. The molecule has 0 unspecified atom stereocenters. The van der Waals surface area contributed by atoms with Gasteiger partial charge in [-0.25, -0.2) is 4.98 Å². The molecule has 0 saturated carbocycles. The Bertz CT molecular complexity index is 1070. The quantitative estimate of drug-likeness (QED) is 0.582. The van der Waals surface area contributed by atoms with Gasteiger partial charge < -0.3 is 20.9 Å². The molecule has 2 fully saturated rings. The summed E-state index contributed by atoms with van der Waals surface area (Å²) in [6.45, 7) is 2.74. The number of benzene rings is 1. The number of nitrogen functional groups attached to an aromatic ring is 1. The van der Waals surface area contributed by atoms with Gasteiger partial charge in [0.05, 0.1) is 25.4 Å². The van der Waals surface area contributed by atoms with Crippen molar-refractivity contribution in [3.05, 3.63) is 66.1 Å². The van der Waals surface area contributed by atoms with Crippen LogP contribution in [0.15, 0.2) is 55.0 Å². The van der Waals surface area contributed by atoms with Crippen LogP contribution in [0.1, 0.15) is 35.9 Å². The molecule has 2 aliphatic rings. The highest BCUT2D eigenvalue weighted by Crippen LogP contribution is 2.37. The zero-order valence-electron chi connectivity index (χ0n) is 18.0. The Morgan fingerprint density at radius 2 is 1.69 bits per heavy atom. The molecule has 5 N–H and O–H groups in total. The molecule has 0 bridgehead atoms. The normalized spacial score (nSPS) is 22.0. The van der Waals surface area contributed by atoms with E-state index in [2.05, 4.69) is 39.6 Å². The average Bonchev–Trinajstić information content (AvgIpc) is 2.85. The number of rotatable bonds is 4. The summed E-state index contributed by atoms with van der Waals surface area (Å²) in [6, 6.07) is 12.7. The van der Waals surface area contributed by atoms with Gasteiger partial charge in [-0.05, 0) is 65.3 Å². The van der Waals surface area contributed by atoms with E-state index >= 15 is 0 Å². The third-order valence-electron chi connectivity index (χ3n) is 6.36. The fourth-order valence-corrected chi connectivity index (χ4v) is 4.68. The molecule has 7 heteroatoms. The molecule has 5 rings (SSSR count). The number of hydrogen-bond donors (Lipinski definition) is 3. The van der Waals surface area contributed by atoms with Crippen molar-refractivity contribution in [1.82, 2.24) is 15.3 Å². The molecule has 2 aromatic heterocycles. The summed E-state index contributed by atoms with van der Waals surface area (Å²) in [6.07, 6.45) is 7.25. The van der Waals surface area contributed by atoms with Gasteiger partial charge in [0.1, 0.15) is 5.82 Å². The standard InChI is InChI=1S/C25H29N5O2/c26-24-15-32-14-23(30-24)22-11-18(1-2-20(22)17-5-9-31-10-6-17)19-12-21(25(27)29-13-19)16-3-7-28-8-4-16/h1-4,7-8,11-13,17,23-24,30H,5-6,9-10,14-15,26H2,(H2,27,29)/t23-,24+/m1/s1. The third-order valence-corrected chi connectivity index (χ3v) is 6.36. The first-order chi connectivity index (χ1) is 15.7.